The zero-order chi connectivity index (χ0) is 20.8. The molecule has 0 saturated carbocycles. The van der Waals surface area contributed by atoms with Gasteiger partial charge in [-0.25, -0.2) is 14.6 Å². The van der Waals surface area contributed by atoms with Crippen molar-refractivity contribution >= 4 is 34.5 Å². The van der Waals surface area contributed by atoms with Crippen LogP contribution in [0.2, 0.25) is 0 Å². The van der Waals surface area contributed by atoms with Gasteiger partial charge in [-0.05, 0) is 18.6 Å². The summed E-state index contributed by atoms with van der Waals surface area (Å²) in [5, 5.41) is 9.19. The zero-order valence-corrected chi connectivity index (χ0v) is 17.9. The van der Waals surface area contributed by atoms with Crippen LogP contribution in [0.25, 0.3) is 11.0 Å². The molecule has 3 aromatic rings. The maximum Gasteiger partial charge on any atom is 0.251 e. The number of anilines is 1. The number of nitrogens with one attached hydrogen (secondary N) is 1. The molecule has 30 heavy (non-hydrogen) atoms. The predicted octanol–water partition coefficient (Wildman–Crippen LogP) is 2.60. The van der Waals surface area contributed by atoms with Crippen LogP contribution in [0.1, 0.15) is 23.7 Å². The largest absolute Gasteiger partial charge is 0.378 e. The number of carbonyl (C=O) groups is 1. The number of hydrogen-bond donors (Lipinski definition) is 1. The van der Waals surface area contributed by atoms with E-state index >= 15 is 0 Å². The Kier molecular flexibility index (Phi) is 6.81. The van der Waals surface area contributed by atoms with Gasteiger partial charge in [0.1, 0.15) is 5.82 Å². The molecule has 1 amide bonds. The molecule has 1 aromatic carbocycles. The molecule has 3 heterocycles. The first-order chi connectivity index (χ1) is 14.8. The Morgan fingerprint density at radius 1 is 1.20 bits per heavy atom. The van der Waals surface area contributed by atoms with Gasteiger partial charge in [-0.15, -0.1) is 0 Å². The van der Waals surface area contributed by atoms with E-state index in [4.69, 9.17) is 14.7 Å². The summed E-state index contributed by atoms with van der Waals surface area (Å²) in [4.78, 5) is 24.1. The zero-order valence-electron chi connectivity index (χ0n) is 17.1. The Hall–Kier alpha value is -2.65. The molecule has 0 bridgehead atoms. The first kappa shape index (κ1) is 20.6. The topological polar surface area (TPSA) is 85.2 Å². The van der Waals surface area contributed by atoms with Crippen molar-refractivity contribution in [3.8, 4) is 0 Å². The number of carbonyl (C=O) groups excluding carboxylic acids is 1. The summed E-state index contributed by atoms with van der Waals surface area (Å²) in [7, 11) is 0. The fourth-order valence-electron chi connectivity index (χ4n) is 3.33. The van der Waals surface area contributed by atoms with Gasteiger partial charge in [0.25, 0.3) is 5.91 Å². The lowest BCUT2D eigenvalue weighted by atomic mass is 10.2. The second-order valence-electron chi connectivity index (χ2n) is 7.00. The van der Waals surface area contributed by atoms with E-state index in [0.717, 1.165) is 47.3 Å². The molecule has 1 fully saturated rings. The average Bonchev–Trinajstić information content (AvgIpc) is 3.21. The van der Waals surface area contributed by atoms with Gasteiger partial charge in [-0.3, -0.25) is 4.79 Å². The first-order valence-corrected chi connectivity index (χ1v) is 11.3. The third-order valence-electron chi connectivity index (χ3n) is 4.85. The molecule has 1 N–H and O–H groups in total. The van der Waals surface area contributed by atoms with E-state index in [1.165, 1.54) is 0 Å². The van der Waals surface area contributed by atoms with E-state index in [1.807, 2.05) is 29.1 Å². The Balaban J connectivity index is 1.53. The maximum atomic E-state index is 12.3. The van der Waals surface area contributed by atoms with E-state index in [2.05, 4.69) is 22.2 Å². The van der Waals surface area contributed by atoms with Gasteiger partial charge in [-0.2, -0.15) is 5.10 Å². The van der Waals surface area contributed by atoms with Gasteiger partial charge in [0.05, 0.1) is 31.3 Å². The van der Waals surface area contributed by atoms with E-state index < -0.39 is 0 Å². The van der Waals surface area contributed by atoms with Crippen LogP contribution >= 0.6 is 11.8 Å². The number of thioether (sulfide) groups is 1. The van der Waals surface area contributed by atoms with Gasteiger partial charge in [0.15, 0.2) is 10.8 Å². The second-order valence-corrected chi connectivity index (χ2v) is 8.07. The smallest absolute Gasteiger partial charge is 0.251 e. The van der Waals surface area contributed by atoms with Crippen molar-refractivity contribution in [3.05, 3.63) is 42.1 Å². The van der Waals surface area contributed by atoms with Crippen molar-refractivity contribution in [3.63, 3.8) is 0 Å². The third kappa shape index (κ3) is 4.73. The number of morpholine rings is 1. The highest BCUT2D eigenvalue weighted by Crippen LogP contribution is 2.28. The molecule has 158 valence electrons. The second kappa shape index (κ2) is 9.90. The number of benzene rings is 1. The van der Waals surface area contributed by atoms with Crippen LogP contribution in [-0.2, 0) is 11.3 Å². The Bertz CT molecular complexity index is 988. The third-order valence-corrected chi connectivity index (χ3v) is 5.90. The molecule has 0 unspecified atom stereocenters. The highest BCUT2D eigenvalue weighted by Gasteiger charge is 2.20. The van der Waals surface area contributed by atoms with E-state index in [-0.39, 0.29) is 5.91 Å². The van der Waals surface area contributed by atoms with Crippen LogP contribution in [0.15, 0.2) is 41.7 Å². The quantitative estimate of drug-likeness (QED) is 0.438. The number of amides is 1. The van der Waals surface area contributed by atoms with E-state index in [1.54, 1.807) is 23.9 Å². The fourth-order valence-corrected chi connectivity index (χ4v) is 4.01. The monoisotopic (exact) mass is 426 g/mol. The molecule has 0 atom stereocenters. The van der Waals surface area contributed by atoms with Crippen LogP contribution < -0.4 is 10.2 Å². The van der Waals surface area contributed by atoms with Crippen molar-refractivity contribution in [2.45, 2.75) is 25.0 Å². The molecule has 0 radical (unpaired) electrons. The number of ether oxygens (including phenoxy) is 1. The highest BCUT2D eigenvalue weighted by atomic mass is 32.2. The Morgan fingerprint density at radius 2 is 2.00 bits per heavy atom. The van der Waals surface area contributed by atoms with Gasteiger partial charge < -0.3 is 15.0 Å². The number of rotatable bonds is 8. The molecule has 2 aromatic heterocycles. The van der Waals surface area contributed by atoms with Crippen LogP contribution in [0, 0.1) is 0 Å². The van der Waals surface area contributed by atoms with Gasteiger partial charge in [-0.1, -0.05) is 36.9 Å². The molecule has 1 aliphatic heterocycles. The number of nitrogens with zero attached hydrogens (tertiary/aromatic N) is 5. The van der Waals surface area contributed by atoms with Crippen LogP contribution in [0.4, 0.5) is 5.82 Å². The van der Waals surface area contributed by atoms with Crippen molar-refractivity contribution in [2.75, 3.05) is 43.5 Å². The van der Waals surface area contributed by atoms with E-state index in [9.17, 15) is 4.79 Å². The summed E-state index contributed by atoms with van der Waals surface area (Å²) in [5.74, 6) is 1.80. The SMILES string of the molecule is CCCSc1nc(N2CCOCC2)c2cnn(CCNC(=O)c3ccccc3)c2n1. The van der Waals surface area contributed by atoms with Gasteiger partial charge in [0.2, 0.25) is 0 Å². The van der Waals surface area contributed by atoms with Crippen LogP contribution in [0.5, 0.6) is 0 Å². The molecule has 9 heteroatoms. The molecule has 0 aliphatic carbocycles. The average molecular weight is 427 g/mol. The van der Waals surface area contributed by atoms with Crippen LogP contribution in [0.3, 0.4) is 0 Å². The first-order valence-electron chi connectivity index (χ1n) is 10.3. The van der Waals surface area contributed by atoms with Crippen molar-refractivity contribution in [2.24, 2.45) is 0 Å². The van der Waals surface area contributed by atoms with Gasteiger partial charge >= 0.3 is 0 Å². The van der Waals surface area contributed by atoms with Crippen LogP contribution in [-0.4, -0.2) is 64.3 Å². The molecular formula is C21H26N6O2S. The molecule has 0 spiro atoms. The summed E-state index contributed by atoms with van der Waals surface area (Å²) in [6, 6.07) is 9.22. The fraction of sp³-hybridized carbons (Fsp3) is 0.429. The minimum absolute atomic E-state index is 0.0881. The van der Waals surface area contributed by atoms with E-state index in [0.29, 0.717) is 31.9 Å². The number of aromatic nitrogens is 4. The summed E-state index contributed by atoms with van der Waals surface area (Å²) < 4.78 is 7.34. The molecule has 1 saturated heterocycles. The molecular weight excluding hydrogens is 400 g/mol. The Labute approximate surface area is 180 Å². The van der Waals surface area contributed by atoms with Crippen molar-refractivity contribution < 1.29 is 9.53 Å². The lowest BCUT2D eigenvalue weighted by Crippen LogP contribution is -2.37. The summed E-state index contributed by atoms with van der Waals surface area (Å²) in [6.07, 6.45) is 2.89. The summed E-state index contributed by atoms with van der Waals surface area (Å²) in [6.45, 7) is 6.17. The summed E-state index contributed by atoms with van der Waals surface area (Å²) in [5.41, 5.74) is 1.46. The molecule has 4 rings (SSSR count). The molecule has 1 aliphatic rings. The van der Waals surface area contributed by atoms with Crippen molar-refractivity contribution in [1.29, 1.82) is 0 Å². The van der Waals surface area contributed by atoms with Crippen molar-refractivity contribution in [1.82, 2.24) is 25.1 Å². The summed E-state index contributed by atoms with van der Waals surface area (Å²) >= 11 is 1.66. The minimum atomic E-state index is -0.0881. The Morgan fingerprint density at radius 3 is 2.77 bits per heavy atom. The normalized spacial score (nSPS) is 14.2. The standard InChI is InChI=1S/C21H26N6O2S/c1-2-14-30-21-24-18(26-10-12-29-13-11-26)17-15-23-27(19(17)25-21)9-8-22-20(28)16-6-4-3-5-7-16/h3-7,15H,2,8-14H2,1H3,(H,22,28). The molecule has 8 nitrogen and oxygen atoms in total. The maximum absolute atomic E-state index is 12.3. The number of hydrogen-bond acceptors (Lipinski definition) is 7. The lowest BCUT2D eigenvalue weighted by molar-refractivity contribution is 0.0952. The minimum Gasteiger partial charge on any atom is -0.378 e. The lowest BCUT2D eigenvalue weighted by Gasteiger charge is -2.28. The van der Waals surface area contributed by atoms with Gasteiger partial charge in [0, 0.05) is 31.0 Å². The highest BCUT2D eigenvalue weighted by molar-refractivity contribution is 7.99. The number of fused-ring (bicyclic) bond motifs is 1. The predicted molar refractivity (Wildman–Crippen MR) is 118 cm³/mol.